The number of anilines is 2. The summed E-state index contributed by atoms with van der Waals surface area (Å²) in [6.45, 7) is 0.659. The Morgan fingerprint density at radius 1 is 0.316 bits per heavy atom. The predicted octanol–water partition coefficient (Wildman–Crippen LogP) is 15.4. The SMILES string of the molecule is c1cc(-c2ccc3ccccc3c2)cc(N(Cc2ccccc2-c2cccc3c2oc2c4ccccc4ccc32)c2ccc(-c3ccc4ccccc4c3)cc2)c1. The summed E-state index contributed by atoms with van der Waals surface area (Å²) in [4.78, 5) is 2.44. The van der Waals surface area contributed by atoms with E-state index in [2.05, 4.69) is 217 Å². The van der Waals surface area contributed by atoms with Crippen LogP contribution in [-0.4, -0.2) is 0 Å². The fourth-order valence-corrected chi connectivity index (χ4v) is 8.59. The third-order valence-electron chi connectivity index (χ3n) is 11.5. The van der Waals surface area contributed by atoms with E-state index in [1.54, 1.807) is 0 Å². The first-order valence-corrected chi connectivity index (χ1v) is 19.6. The van der Waals surface area contributed by atoms with Crippen molar-refractivity contribution in [3.8, 4) is 33.4 Å². The van der Waals surface area contributed by atoms with Crippen molar-refractivity contribution in [1.82, 2.24) is 0 Å². The molecule has 0 bridgehead atoms. The van der Waals surface area contributed by atoms with Crippen LogP contribution in [0.25, 0.3) is 87.6 Å². The van der Waals surface area contributed by atoms with Crippen molar-refractivity contribution in [3.63, 3.8) is 0 Å². The van der Waals surface area contributed by atoms with E-state index in [-0.39, 0.29) is 0 Å². The standard InChI is InChI=1S/C55H37NO/c1-3-14-41-33-44(25-23-37(41)11-1)39-27-30-47(31-28-39)56(48-18-9-17-43(35-48)45-26-24-38-12-2-4-15-42(38)34-45)36-46-16-6-7-19-49(46)51-21-10-22-52-53-32-29-40-13-5-8-20-50(40)54(53)57-55(51)52/h1-35H,36H2. The molecule has 0 aliphatic carbocycles. The lowest BCUT2D eigenvalue weighted by Crippen LogP contribution is -2.17. The van der Waals surface area contributed by atoms with E-state index in [9.17, 15) is 0 Å². The third-order valence-corrected chi connectivity index (χ3v) is 11.5. The summed E-state index contributed by atoms with van der Waals surface area (Å²) in [6.07, 6.45) is 0. The van der Waals surface area contributed by atoms with Gasteiger partial charge >= 0.3 is 0 Å². The monoisotopic (exact) mass is 727 g/mol. The molecule has 11 rings (SSSR count). The van der Waals surface area contributed by atoms with E-state index in [4.69, 9.17) is 4.42 Å². The van der Waals surface area contributed by atoms with Crippen LogP contribution in [0.15, 0.2) is 217 Å². The van der Waals surface area contributed by atoms with E-state index in [0.29, 0.717) is 6.54 Å². The highest BCUT2D eigenvalue weighted by atomic mass is 16.3. The lowest BCUT2D eigenvalue weighted by molar-refractivity contribution is 0.673. The number of furan rings is 1. The Morgan fingerprint density at radius 2 is 0.860 bits per heavy atom. The number of benzene rings is 10. The molecule has 1 heterocycles. The highest BCUT2D eigenvalue weighted by molar-refractivity contribution is 6.17. The van der Waals surface area contributed by atoms with Gasteiger partial charge in [0.15, 0.2) is 0 Å². The summed E-state index contributed by atoms with van der Waals surface area (Å²) < 4.78 is 6.84. The molecule has 0 unspecified atom stereocenters. The van der Waals surface area contributed by atoms with Crippen LogP contribution in [0.2, 0.25) is 0 Å². The number of hydrogen-bond acceptors (Lipinski definition) is 2. The summed E-state index contributed by atoms with van der Waals surface area (Å²) in [6, 6.07) is 76.8. The molecule has 0 fully saturated rings. The summed E-state index contributed by atoms with van der Waals surface area (Å²) in [7, 11) is 0. The zero-order valence-corrected chi connectivity index (χ0v) is 31.3. The summed E-state index contributed by atoms with van der Waals surface area (Å²) in [5.41, 5.74) is 12.4. The molecule has 0 saturated carbocycles. The minimum Gasteiger partial charge on any atom is -0.455 e. The lowest BCUT2D eigenvalue weighted by atomic mass is 9.96. The van der Waals surface area contributed by atoms with Gasteiger partial charge in [-0.15, -0.1) is 0 Å². The van der Waals surface area contributed by atoms with Gasteiger partial charge in [0.25, 0.3) is 0 Å². The van der Waals surface area contributed by atoms with Crippen molar-refractivity contribution < 1.29 is 4.42 Å². The Kier molecular flexibility index (Phi) is 7.93. The van der Waals surface area contributed by atoms with Crippen LogP contribution in [0.5, 0.6) is 0 Å². The normalized spacial score (nSPS) is 11.6. The molecule has 0 aliphatic rings. The zero-order chi connectivity index (χ0) is 37.7. The molecule has 0 atom stereocenters. The van der Waals surface area contributed by atoms with E-state index in [1.165, 1.54) is 54.7 Å². The minimum atomic E-state index is 0.659. The molecular formula is C55H37NO. The van der Waals surface area contributed by atoms with Crippen molar-refractivity contribution in [2.45, 2.75) is 6.54 Å². The molecule has 10 aromatic carbocycles. The van der Waals surface area contributed by atoms with Crippen molar-refractivity contribution in [1.29, 1.82) is 0 Å². The molecule has 0 spiro atoms. The Balaban J connectivity index is 1.03. The van der Waals surface area contributed by atoms with Crippen molar-refractivity contribution in [2.75, 3.05) is 4.90 Å². The first kappa shape index (κ1) is 33.0. The molecule has 0 aliphatic heterocycles. The second-order valence-electron chi connectivity index (χ2n) is 14.9. The molecule has 0 N–H and O–H groups in total. The first-order valence-electron chi connectivity index (χ1n) is 19.6. The average Bonchev–Trinajstić information content (AvgIpc) is 3.68. The van der Waals surface area contributed by atoms with Crippen molar-refractivity contribution in [2.24, 2.45) is 0 Å². The van der Waals surface area contributed by atoms with Gasteiger partial charge in [0, 0.05) is 39.6 Å². The number of nitrogens with zero attached hydrogens (tertiary/aromatic N) is 1. The highest BCUT2D eigenvalue weighted by Gasteiger charge is 2.19. The van der Waals surface area contributed by atoms with E-state index in [0.717, 1.165) is 49.8 Å². The summed E-state index contributed by atoms with van der Waals surface area (Å²) in [5, 5.41) is 9.57. The molecule has 1 aromatic heterocycles. The molecule has 0 saturated heterocycles. The number of fused-ring (bicyclic) bond motifs is 7. The van der Waals surface area contributed by atoms with Crippen LogP contribution in [0.4, 0.5) is 11.4 Å². The maximum atomic E-state index is 6.84. The molecule has 0 radical (unpaired) electrons. The molecule has 0 amide bonds. The summed E-state index contributed by atoms with van der Waals surface area (Å²) >= 11 is 0. The van der Waals surface area contributed by atoms with Crippen LogP contribution >= 0.6 is 0 Å². The van der Waals surface area contributed by atoms with Gasteiger partial charge in [-0.1, -0.05) is 170 Å². The quantitative estimate of drug-likeness (QED) is 0.163. The van der Waals surface area contributed by atoms with Crippen molar-refractivity contribution in [3.05, 3.63) is 218 Å². The topological polar surface area (TPSA) is 16.4 Å². The number of hydrogen-bond donors (Lipinski definition) is 0. The third kappa shape index (κ3) is 5.91. The molecule has 11 aromatic rings. The van der Waals surface area contributed by atoms with Gasteiger partial charge in [0.1, 0.15) is 11.2 Å². The fraction of sp³-hybridized carbons (Fsp3) is 0.0182. The fourth-order valence-electron chi connectivity index (χ4n) is 8.59. The van der Waals surface area contributed by atoms with Gasteiger partial charge < -0.3 is 9.32 Å². The average molecular weight is 728 g/mol. The molecule has 2 nitrogen and oxygen atoms in total. The molecule has 268 valence electrons. The minimum absolute atomic E-state index is 0.659. The largest absolute Gasteiger partial charge is 0.455 e. The maximum Gasteiger partial charge on any atom is 0.143 e. The Morgan fingerprint density at radius 3 is 1.63 bits per heavy atom. The predicted molar refractivity (Wildman–Crippen MR) is 241 cm³/mol. The molecule has 2 heteroatoms. The van der Waals surface area contributed by atoms with Gasteiger partial charge in [-0.3, -0.25) is 0 Å². The van der Waals surface area contributed by atoms with Gasteiger partial charge in [-0.05, 0) is 103 Å². The number of para-hydroxylation sites is 1. The van der Waals surface area contributed by atoms with Gasteiger partial charge in [0.05, 0.1) is 0 Å². The Labute approximate surface area is 331 Å². The van der Waals surface area contributed by atoms with Crippen LogP contribution in [-0.2, 0) is 6.54 Å². The van der Waals surface area contributed by atoms with E-state index >= 15 is 0 Å². The van der Waals surface area contributed by atoms with Gasteiger partial charge in [-0.25, -0.2) is 0 Å². The Bertz CT molecular complexity index is 3280. The summed E-state index contributed by atoms with van der Waals surface area (Å²) in [5.74, 6) is 0. The second-order valence-corrected chi connectivity index (χ2v) is 14.9. The van der Waals surface area contributed by atoms with Crippen LogP contribution in [0.1, 0.15) is 5.56 Å². The van der Waals surface area contributed by atoms with Crippen LogP contribution < -0.4 is 4.90 Å². The second kappa shape index (κ2) is 13.7. The highest BCUT2D eigenvalue weighted by Crippen LogP contribution is 2.41. The molecule has 57 heavy (non-hydrogen) atoms. The van der Waals surface area contributed by atoms with Crippen molar-refractivity contribution >= 4 is 65.6 Å². The van der Waals surface area contributed by atoms with Gasteiger partial charge in [-0.2, -0.15) is 0 Å². The van der Waals surface area contributed by atoms with E-state index in [1.807, 2.05) is 0 Å². The van der Waals surface area contributed by atoms with Crippen LogP contribution in [0, 0.1) is 0 Å². The molecular weight excluding hydrogens is 691 g/mol. The Hall–Kier alpha value is -7.42. The number of rotatable bonds is 7. The van der Waals surface area contributed by atoms with Crippen LogP contribution in [0.3, 0.4) is 0 Å². The maximum absolute atomic E-state index is 6.84. The smallest absolute Gasteiger partial charge is 0.143 e. The lowest BCUT2D eigenvalue weighted by Gasteiger charge is -2.27. The van der Waals surface area contributed by atoms with E-state index < -0.39 is 0 Å². The zero-order valence-electron chi connectivity index (χ0n) is 31.3. The first-order chi connectivity index (χ1) is 28.2. The van der Waals surface area contributed by atoms with Gasteiger partial charge in [0.2, 0.25) is 0 Å².